The van der Waals surface area contributed by atoms with Crippen LogP contribution in [-0.4, -0.2) is 35.7 Å². The Bertz CT molecular complexity index is 932. The number of carbonyl (C=O) groups is 2. The third kappa shape index (κ3) is 2.71. The van der Waals surface area contributed by atoms with Gasteiger partial charge in [0.15, 0.2) is 11.6 Å². The summed E-state index contributed by atoms with van der Waals surface area (Å²) in [5.74, 6) is -0.760. The molecule has 8 heteroatoms. The topological polar surface area (TPSA) is 49.9 Å². The van der Waals surface area contributed by atoms with Crippen LogP contribution in [0.1, 0.15) is 18.1 Å². The minimum absolute atomic E-state index is 0.117. The molecule has 1 spiro atoms. The Kier molecular flexibility index (Phi) is 4.10. The second kappa shape index (κ2) is 6.25. The lowest BCUT2D eigenvalue weighted by Gasteiger charge is -2.34. The molecule has 146 valence electrons. The summed E-state index contributed by atoms with van der Waals surface area (Å²) in [5, 5.41) is 0. The highest BCUT2D eigenvalue weighted by molar-refractivity contribution is 5.96. The van der Waals surface area contributed by atoms with Crippen molar-refractivity contribution in [3.63, 3.8) is 0 Å². The number of ether oxygens (including phenoxy) is 1. The molecule has 2 aliphatic heterocycles. The van der Waals surface area contributed by atoms with E-state index < -0.39 is 29.8 Å². The second-order valence-corrected chi connectivity index (χ2v) is 6.95. The molecule has 2 aromatic carbocycles. The lowest BCUT2D eigenvalue weighted by atomic mass is 9.88. The van der Waals surface area contributed by atoms with Gasteiger partial charge in [-0.15, -0.1) is 0 Å². The Morgan fingerprint density at radius 2 is 1.79 bits per heavy atom. The van der Waals surface area contributed by atoms with Gasteiger partial charge in [-0.3, -0.25) is 14.6 Å². The van der Waals surface area contributed by atoms with Crippen LogP contribution in [0.5, 0.6) is 0 Å². The molecule has 2 aromatic rings. The Balaban J connectivity index is 1.80. The quantitative estimate of drug-likeness (QED) is 0.783. The summed E-state index contributed by atoms with van der Waals surface area (Å²) in [6, 6.07) is 12.7. The van der Waals surface area contributed by atoms with Gasteiger partial charge in [-0.1, -0.05) is 48.5 Å². The SMILES string of the molecule is CC(=O)N1c2ccccc2C2(CN(Cc3ccccc3)C(=O)O2)C1C(F)(F)F. The molecule has 0 aliphatic carbocycles. The van der Waals surface area contributed by atoms with Gasteiger partial charge in [-0.2, -0.15) is 13.2 Å². The monoisotopic (exact) mass is 390 g/mol. The molecule has 0 bridgehead atoms. The number of anilines is 1. The van der Waals surface area contributed by atoms with Gasteiger partial charge in [0.2, 0.25) is 5.91 Å². The third-order valence-electron chi connectivity index (χ3n) is 5.14. The number of fused-ring (bicyclic) bond motifs is 2. The summed E-state index contributed by atoms with van der Waals surface area (Å²) in [6.45, 7) is 0.896. The van der Waals surface area contributed by atoms with Crippen molar-refractivity contribution in [3.05, 3.63) is 65.7 Å². The molecule has 0 N–H and O–H groups in total. The Labute approximate surface area is 159 Å². The van der Waals surface area contributed by atoms with Crippen LogP contribution in [0.2, 0.25) is 0 Å². The lowest BCUT2D eigenvalue weighted by Crippen LogP contribution is -2.57. The molecule has 28 heavy (non-hydrogen) atoms. The van der Waals surface area contributed by atoms with E-state index in [4.69, 9.17) is 4.74 Å². The number of benzene rings is 2. The first kappa shape index (κ1) is 18.3. The number of halogens is 3. The van der Waals surface area contributed by atoms with E-state index in [2.05, 4.69) is 0 Å². The number of hydrogen-bond acceptors (Lipinski definition) is 3. The van der Waals surface area contributed by atoms with Gasteiger partial charge in [0, 0.05) is 19.0 Å². The first-order chi connectivity index (χ1) is 13.2. The molecular weight excluding hydrogens is 373 g/mol. The van der Waals surface area contributed by atoms with Crippen LogP contribution in [0.15, 0.2) is 54.6 Å². The zero-order valence-electron chi connectivity index (χ0n) is 14.9. The van der Waals surface area contributed by atoms with Crippen molar-refractivity contribution in [2.75, 3.05) is 11.4 Å². The van der Waals surface area contributed by atoms with Crippen LogP contribution >= 0.6 is 0 Å². The van der Waals surface area contributed by atoms with Gasteiger partial charge in [0.1, 0.15) is 0 Å². The van der Waals surface area contributed by atoms with Gasteiger partial charge < -0.3 is 4.74 Å². The van der Waals surface area contributed by atoms with Crippen molar-refractivity contribution in [2.24, 2.45) is 0 Å². The molecular formula is C20H17F3N2O3. The van der Waals surface area contributed by atoms with Gasteiger partial charge >= 0.3 is 12.3 Å². The summed E-state index contributed by atoms with van der Waals surface area (Å²) in [6.07, 6.45) is -5.62. The van der Waals surface area contributed by atoms with Crippen LogP contribution in [0.25, 0.3) is 0 Å². The molecule has 1 fully saturated rings. The van der Waals surface area contributed by atoms with E-state index in [1.165, 1.54) is 17.0 Å². The average molecular weight is 390 g/mol. The van der Waals surface area contributed by atoms with E-state index in [-0.39, 0.29) is 24.3 Å². The smallest absolute Gasteiger partial charge is 0.413 e. The molecule has 4 rings (SSSR count). The fourth-order valence-corrected chi connectivity index (χ4v) is 4.11. The highest BCUT2D eigenvalue weighted by atomic mass is 19.4. The molecule has 2 heterocycles. The predicted octanol–water partition coefficient (Wildman–Crippen LogP) is 3.83. The minimum atomic E-state index is -4.78. The summed E-state index contributed by atoms with van der Waals surface area (Å²) in [4.78, 5) is 26.6. The normalized spacial score (nSPS) is 23.9. The van der Waals surface area contributed by atoms with Crippen molar-refractivity contribution >= 4 is 17.7 Å². The maximum absolute atomic E-state index is 14.1. The van der Waals surface area contributed by atoms with E-state index in [1.807, 2.05) is 6.07 Å². The number of amides is 2. The van der Waals surface area contributed by atoms with Crippen LogP contribution in [-0.2, 0) is 21.7 Å². The zero-order valence-corrected chi connectivity index (χ0v) is 14.9. The van der Waals surface area contributed by atoms with Gasteiger partial charge in [0.05, 0.1) is 12.2 Å². The number of hydrogen-bond donors (Lipinski definition) is 0. The van der Waals surface area contributed by atoms with Gasteiger partial charge in [-0.05, 0) is 11.6 Å². The Morgan fingerprint density at radius 3 is 2.43 bits per heavy atom. The predicted molar refractivity (Wildman–Crippen MR) is 94.5 cm³/mol. The van der Waals surface area contributed by atoms with Crippen molar-refractivity contribution in [1.29, 1.82) is 0 Å². The number of carbonyl (C=O) groups excluding carboxylic acids is 2. The maximum atomic E-state index is 14.1. The molecule has 0 radical (unpaired) electrons. The highest BCUT2D eigenvalue weighted by Gasteiger charge is 2.68. The standard InChI is InChI=1S/C20H17F3N2O3/c1-13(26)25-16-10-6-5-9-15(16)19(17(25)20(21,22)23)12-24(18(27)28-19)11-14-7-3-2-4-8-14/h2-10,17H,11-12H2,1H3. The molecule has 0 saturated carbocycles. The van der Waals surface area contributed by atoms with Crippen molar-refractivity contribution in [3.8, 4) is 0 Å². The molecule has 0 aromatic heterocycles. The fourth-order valence-electron chi connectivity index (χ4n) is 4.11. The largest absolute Gasteiger partial charge is 0.433 e. The number of para-hydroxylation sites is 1. The second-order valence-electron chi connectivity index (χ2n) is 6.95. The van der Waals surface area contributed by atoms with E-state index in [9.17, 15) is 22.8 Å². The van der Waals surface area contributed by atoms with E-state index in [0.717, 1.165) is 12.5 Å². The third-order valence-corrected chi connectivity index (χ3v) is 5.14. The summed E-state index contributed by atoms with van der Waals surface area (Å²) < 4.78 is 47.7. The fraction of sp³-hybridized carbons (Fsp3) is 0.300. The van der Waals surface area contributed by atoms with Gasteiger partial charge in [-0.25, -0.2) is 4.79 Å². The summed E-state index contributed by atoms with van der Waals surface area (Å²) >= 11 is 0. The molecule has 2 unspecified atom stereocenters. The molecule has 2 atom stereocenters. The van der Waals surface area contributed by atoms with Crippen LogP contribution in [0.3, 0.4) is 0 Å². The highest BCUT2D eigenvalue weighted by Crippen LogP contribution is 2.54. The number of alkyl halides is 3. The molecule has 2 amide bonds. The molecule has 2 aliphatic rings. The minimum Gasteiger partial charge on any atom is -0.433 e. The Morgan fingerprint density at radius 1 is 1.14 bits per heavy atom. The first-order valence-corrected chi connectivity index (χ1v) is 8.72. The molecule has 1 saturated heterocycles. The Hall–Kier alpha value is -3.03. The first-order valence-electron chi connectivity index (χ1n) is 8.72. The number of rotatable bonds is 2. The van der Waals surface area contributed by atoms with E-state index in [1.54, 1.807) is 36.4 Å². The van der Waals surface area contributed by atoms with E-state index >= 15 is 0 Å². The van der Waals surface area contributed by atoms with Crippen molar-refractivity contribution in [1.82, 2.24) is 4.90 Å². The lowest BCUT2D eigenvalue weighted by molar-refractivity contribution is -0.186. The van der Waals surface area contributed by atoms with Crippen LogP contribution < -0.4 is 4.90 Å². The van der Waals surface area contributed by atoms with Crippen LogP contribution in [0.4, 0.5) is 23.7 Å². The van der Waals surface area contributed by atoms with Gasteiger partial charge in [0.25, 0.3) is 0 Å². The maximum Gasteiger partial charge on any atom is 0.413 e. The summed E-state index contributed by atoms with van der Waals surface area (Å²) in [7, 11) is 0. The average Bonchev–Trinajstić information content (AvgIpc) is 3.11. The number of nitrogens with zero attached hydrogens (tertiary/aromatic N) is 2. The van der Waals surface area contributed by atoms with E-state index in [0.29, 0.717) is 4.90 Å². The zero-order chi connectivity index (χ0) is 20.1. The van der Waals surface area contributed by atoms with Crippen LogP contribution in [0, 0.1) is 0 Å². The molecule has 5 nitrogen and oxygen atoms in total. The van der Waals surface area contributed by atoms with Crippen molar-refractivity contribution in [2.45, 2.75) is 31.3 Å². The summed E-state index contributed by atoms with van der Waals surface area (Å²) in [5.41, 5.74) is -0.912. The van der Waals surface area contributed by atoms with Crippen molar-refractivity contribution < 1.29 is 27.5 Å².